The van der Waals surface area contributed by atoms with Gasteiger partial charge < -0.3 is 14.7 Å². The number of amides is 1. The van der Waals surface area contributed by atoms with Crippen LogP contribution >= 0.6 is 0 Å². The molecule has 0 bridgehead atoms. The number of carboxylic acids is 1. The minimum absolute atomic E-state index is 0.0769. The van der Waals surface area contributed by atoms with Gasteiger partial charge in [-0.15, -0.1) is 0 Å². The molecule has 0 spiro atoms. The van der Waals surface area contributed by atoms with Crippen LogP contribution in [0.1, 0.15) is 12.8 Å². The maximum atomic E-state index is 11.3. The number of carbonyl (C=O) groups is 2. The number of carbonyl (C=O) groups excluding carboxylic acids is 1. The number of hydrogen-bond donors (Lipinski definition) is 1. The first-order valence-corrected chi connectivity index (χ1v) is 4.45. The summed E-state index contributed by atoms with van der Waals surface area (Å²) in [4.78, 5) is 23.0. The highest BCUT2D eigenvalue weighted by Crippen LogP contribution is 2.01. The van der Waals surface area contributed by atoms with Gasteiger partial charge >= 0.3 is 5.97 Å². The Morgan fingerprint density at radius 2 is 2.43 bits per heavy atom. The quantitative estimate of drug-likeness (QED) is 0.703. The summed E-state index contributed by atoms with van der Waals surface area (Å²) in [6.07, 6.45) is 3.64. The lowest BCUT2D eigenvalue weighted by Crippen LogP contribution is -2.31. The van der Waals surface area contributed by atoms with Crippen molar-refractivity contribution in [3.63, 3.8) is 0 Å². The lowest BCUT2D eigenvalue weighted by atomic mass is 10.3. The van der Waals surface area contributed by atoms with Gasteiger partial charge in [-0.2, -0.15) is 0 Å². The maximum Gasteiger partial charge on any atom is 0.303 e. The van der Waals surface area contributed by atoms with Crippen LogP contribution in [-0.2, 0) is 14.3 Å². The standard InChI is InChI=1S/C9H13NO4/c11-8-3-2-6-14-7-10(8)5-1-4-9(12)13/h2-3H,1,4-7H2,(H,12,13). The van der Waals surface area contributed by atoms with Gasteiger partial charge in [-0.25, -0.2) is 0 Å². The zero-order valence-electron chi connectivity index (χ0n) is 7.81. The lowest BCUT2D eigenvalue weighted by molar-refractivity contribution is -0.138. The highest BCUT2D eigenvalue weighted by Gasteiger charge is 2.12. The van der Waals surface area contributed by atoms with Gasteiger partial charge in [-0.05, 0) is 6.42 Å². The highest BCUT2D eigenvalue weighted by atomic mass is 16.5. The van der Waals surface area contributed by atoms with Gasteiger partial charge in [0.2, 0.25) is 5.91 Å². The average Bonchev–Trinajstić information content (AvgIpc) is 2.31. The van der Waals surface area contributed by atoms with Crippen molar-refractivity contribution in [3.05, 3.63) is 12.2 Å². The van der Waals surface area contributed by atoms with Gasteiger partial charge in [0.15, 0.2) is 0 Å². The number of hydrogen-bond acceptors (Lipinski definition) is 3. The molecule has 1 aliphatic heterocycles. The second-order valence-corrected chi connectivity index (χ2v) is 3.00. The van der Waals surface area contributed by atoms with E-state index in [1.54, 1.807) is 6.08 Å². The summed E-state index contributed by atoms with van der Waals surface area (Å²) < 4.78 is 5.11. The van der Waals surface area contributed by atoms with Crippen molar-refractivity contribution in [2.75, 3.05) is 19.9 Å². The molecular weight excluding hydrogens is 186 g/mol. The molecule has 1 heterocycles. The zero-order chi connectivity index (χ0) is 10.4. The molecule has 0 atom stereocenters. The van der Waals surface area contributed by atoms with Crippen molar-refractivity contribution in [2.24, 2.45) is 0 Å². The Hall–Kier alpha value is -1.36. The molecule has 0 saturated carbocycles. The molecule has 14 heavy (non-hydrogen) atoms. The van der Waals surface area contributed by atoms with E-state index >= 15 is 0 Å². The summed E-state index contributed by atoms with van der Waals surface area (Å²) in [6.45, 7) is 1.10. The molecular formula is C9H13NO4. The van der Waals surface area contributed by atoms with Gasteiger partial charge in [-0.1, -0.05) is 6.08 Å². The number of aliphatic carboxylic acids is 1. The van der Waals surface area contributed by atoms with E-state index in [0.717, 1.165) is 0 Å². The van der Waals surface area contributed by atoms with E-state index in [-0.39, 0.29) is 19.1 Å². The third-order valence-electron chi connectivity index (χ3n) is 1.85. The number of nitrogens with zero attached hydrogens (tertiary/aromatic N) is 1. The number of ether oxygens (including phenoxy) is 1. The van der Waals surface area contributed by atoms with E-state index in [0.29, 0.717) is 19.6 Å². The van der Waals surface area contributed by atoms with Crippen molar-refractivity contribution in [1.82, 2.24) is 4.90 Å². The normalized spacial score (nSPS) is 16.9. The van der Waals surface area contributed by atoms with Crippen LogP contribution in [0.25, 0.3) is 0 Å². The van der Waals surface area contributed by atoms with E-state index < -0.39 is 5.97 Å². The van der Waals surface area contributed by atoms with Crippen LogP contribution in [0, 0.1) is 0 Å². The Bertz CT molecular complexity index is 249. The molecule has 1 amide bonds. The average molecular weight is 199 g/mol. The zero-order valence-corrected chi connectivity index (χ0v) is 7.81. The third kappa shape index (κ3) is 3.57. The molecule has 0 aromatic carbocycles. The molecule has 5 nitrogen and oxygen atoms in total. The van der Waals surface area contributed by atoms with Crippen molar-refractivity contribution < 1.29 is 19.4 Å². The maximum absolute atomic E-state index is 11.3. The number of carboxylic acid groups (broad SMARTS) is 1. The molecule has 0 saturated heterocycles. The van der Waals surface area contributed by atoms with Crippen molar-refractivity contribution in [1.29, 1.82) is 0 Å². The van der Waals surface area contributed by atoms with Gasteiger partial charge in [-0.3, -0.25) is 9.59 Å². The first kappa shape index (κ1) is 10.7. The van der Waals surface area contributed by atoms with Crippen LogP contribution in [0.15, 0.2) is 12.2 Å². The highest BCUT2D eigenvalue weighted by molar-refractivity contribution is 5.87. The second-order valence-electron chi connectivity index (χ2n) is 3.00. The largest absolute Gasteiger partial charge is 0.481 e. The van der Waals surface area contributed by atoms with E-state index in [2.05, 4.69) is 0 Å². The van der Waals surface area contributed by atoms with E-state index in [9.17, 15) is 9.59 Å². The smallest absolute Gasteiger partial charge is 0.303 e. The minimum Gasteiger partial charge on any atom is -0.481 e. The number of rotatable bonds is 4. The Balaban J connectivity index is 2.31. The molecule has 1 aliphatic rings. The van der Waals surface area contributed by atoms with Crippen molar-refractivity contribution >= 4 is 11.9 Å². The van der Waals surface area contributed by atoms with Crippen molar-refractivity contribution in [2.45, 2.75) is 12.8 Å². The SMILES string of the molecule is O=C(O)CCCN1COCC=CC1=O. The molecule has 0 aromatic heterocycles. The van der Waals surface area contributed by atoms with Crippen molar-refractivity contribution in [3.8, 4) is 0 Å². The van der Waals surface area contributed by atoms with Gasteiger partial charge in [0, 0.05) is 19.0 Å². The predicted octanol–water partition coefficient (Wildman–Crippen LogP) is 0.224. The summed E-state index contributed by atoms with van der Waals surface area (Å²) in [7, 11) is 0. The molecule has 0 unspecified atom stereocenters. The van der Waals surface area contributed by atoms with Crippen LogP contribution in [0.5, 0.6) is 0 Å². The van der Waals surface area contributed by atoms with Gasteiger partial charge in [0.25, 0.3) is 0 Å². The topological polar surface area (TPSA) is 66.8 Å². The first-order chi connectivity index (χ1) is 6.70. The summed E-state index contributed by atoms with van der Waals surface area (Å²) in [6, 6.07) is 0. The van der Waals surface area contributed by atoms with E-state index in [1.807, 2.05) is 0 Å². The fraction of sp³-hybridized carbons (Fsp3) is 0.556. The van der Waals surface area contributed by atoms with Crippen LogP contribution in [-0.4, -0.2) is 41.8 Å². The fourth-order valence-corrected chi connectivity index (χ4v) is 1.14. The van der Waals surface area contributed by atoms with Gasteiger partial charge in [0.1, 0.15) is 6.73 Å². The molecule has 0 aliphatic carbocycles. The Labute approximate surface area is 82.0 Å². The predicted molar refractivity (Wildman–Crippen MR) is 48.5 cm³/mol. The van der Waals surface area contributed by atoms with Crippen LogP contribution in [0.4, 0.5) is 0 Å². The van der Waals surface area contributed by atoms with E-state index in [1.165, 1.54) is 11.0 Å². The third-order valence-corrected chi connectivity index (χ3v) is 1.85. The Morgan fingerprint density at radius 1 is 1.64 bits per heavy atom. The summed E-state index contributed by atoms with van der Waals surface area (Å²) in [5.41, 5.74) is 0. The molecule has 1 rings (SSSR count). The Morgan fingerprint density at radius 3 is 3.14 bits per heavy atom. The van der Waals surface area contributed by atoms with E-state index in [4.69, 9.17) is 9.84 Å². The summed E-state index contributed by atoms with van der Waals surface area (Å²) in [5, 5.41) is 8.42. The molecule has 0 radical (unpaired) electrons. The van der Waals surface area contributed by atoms with Gasteiger partial charge in [0.05, 0.1) is 6.61 Å². The second kappa shape index (κ2) is 5.39. The first-order valence-electron chi connectivity index (χ1n) is 4.45. The molecule has 1 N–H and O–H groups in total. The van der Waals surface area contributed by atoms with Crippen LogP contribution in [0.3, 0.4) is 0 Å². The molecule has 0 aromatic rings. The lowest BCUT2D eigenvalue weighted by Gasteiger charge is -2.18. The monoisotopic (exact) mass is 199 g/mol. The molecule has 0 fully saturated rings. The summed E-state index contributed by atoms with van der Waals surface area (Å²) >= 11 is 0. The van der Waals surface area contributed by atoms with Crippen LogP contribution < -0.4 is 0 Å². The fourth-order valence-electron chi connectivity index (χ4n) is 1.14. The van der Waals surface area contributed by atoms with Crippen LogP contribution in [0.2, 0.25) is 0 Å². The molecule has 5 heteroatoms. The minimum atomic E-state index is -0.844. The molecule has 78 valence electrons. The summed E-state index contributed by atoms with van der Waals surface area (Å²) in [5.74, 6) is -0.961. The Kier molecular flexibility index (Phi) is 4.12.